The zero-order valence-electron chi connectivity index (χ0n) is 33.4. The van der Waals surface area contributed by atoms with Crippen LogP contribution < -0.4 is 29.7 Å². The fourth-order valence-corrected chi connectivity index (χ4v) is 9.55. The van der Waals surface area contributed by atoms with Crippen molar-refractivity contribution in [2.24, 2.45) is 0 Å². The molecule has 0 N–H and O–H groups in total. The van der Waals surface area contributed by atoms with E-state index in [1.807, 2.05) is 84.9 Å². The topological polar surface area (TPSA) is 81.0 Å². The Hall–Kier alpha value is -4.21. The summed E-state index contributed by atoms with van der Waals surface area (Å²) in [5, 5.41) is 1.69. The predicted molar refractivity (Wildman–Crippen MR) is 222 cm³/mol. The lowest BCUT2D eigenvalue weighted by molar-refractivity contribution is -0.153. The fourth-order valence-electron chi connectivity index (χ4n) is 6.58. The van der Waals surface area contributed by atoms with Crippen molar-refractivity contribution in [2.75, 3.05) is 0 Å². The Balaban J connectivity index is 1.57. The number of hydrogen-bond acceptors (Lipinski definition) is 6. The van der Waals surface area contributed by atoms with Gasteiger partial charge in [-0.25, -0.2) is 0 Å². The van der Waals surface area contributed by atoms with Crippen molar-refractivity contribution < 1.29 is 28.1 Å². The van der Waals surface area contributed by atoms with E-state index in [1.54, 1.807) is 0 Å². The molecule has 2 unspecified atom stereocenters. The van der Waals surface area contributed by atoms with Gasteiger partial charge >= 0.3 is 7.41 Å². The summed E-state index contributed by atoms with van der Waals surface area (Å²) in [6.07, 6.45) is 0. The van der Waals surface area contributed by atoms with Crippen LogP contribution in [-0.4, -0.2) is 0 Å². The van der Waals surface area contributed by atoms with E-state index in [1.165, 1.54) is 0 Å². The van der Waals surface area contributed by atoms with Crippen LogP contribution in [0.4, 0.5) is 0 Å². The number of benzene rings is 5. The van der Waals surface area contributed by atoms with Crippen molar-refractivity contribution in [1.29, 1.82) is 0 Å². The van der Waals surface area contributed by atoms with Crippen LogP contribution in [-0.2, 0) is 26.2 Å². The van der Waals surface area contributed by atoms with Crippen LogP contribution >= 0.6 is 15.6 Å². The maximum Gasteiger partial charge on any atom is 0.427 e. The molecule has 0 radical (unpaired) electrons. The standard InChI is InChI=1S/C46H50O6P2/c1-43(2,3)27-13-19-31(20-14-27)49-37-38(50-32-21-15-28(16-22-32)44(4,5)6)42-40(52-34-24-18-30(46(10,11)12)26-36(34)54(42)48)39-41(37)53(47)35-25-29(45(7,8)9)17-23-33(35)51-39/h13-26H,1-12H3. The average Bonchev–Trinajstić information content (AvgIpc) is 3.08. The summed E-state index contributed by atoms with van der Waals surface area (Å²) in [6, 6.07) is 27.3. The Morgan fingerprint density at radius 2 is 1.06 bits per heavy atom. The molecule has 8 heteroatoms. The zero-order chi connectivity index (χ0) is 39.1. The summed E-state index contributed by atoms with van der Waals surface area (Å²) in [5.74, 6) is 2.06. The van der Waals surface area contributed by atoms with Crippen molar-refractivity contribution in [2.45, 2.75) is 105 Å². The normalized spacial score (nSPS) is 15.1. The van der Waals surface area contributed by atoms with Gasteiger partial charge in [-0.05, 0) is 92.4 Å². The van der Waals surface area contributed by atoms with Crippen LogP contribution in [0, 0.1) is 0 Å². The number of hydrogen-bond donors (Lipinski definition) is 0. The SMILES string of the molecule is CC(C)(C)c1ccc(Oc2c3c(c4oc5ccc(C(C)(C)C)cc5[p+](=O)c4c2Oc2ccc(C(C)(C)C)cc2)Oc2ccc(C(C)(C)C)cc2P3[O-])cc1. The van der Waals surface area contributed by atoms with Crippen molar-refractivity contribution in [1.82, 2.24) is 0 Å². The zero-order valence-corrected chi connectivity index (χ0v) is 35.2. The number of rotatable bonds is 4. The van der Waals surface area contributed by atoms with E-state index < -0.39 is 15.6 Å². The van der Waals surface area contributed by atoms with E-state index in [9.17, 15) is 0 Å². The fraction of sp³-hybridized carbons (Fsp3) is 0.348. The Labute approximate surface area is 321 Å². The molecule has 6 aromatic rings. The van der Waals surface area contributed by atoms with Gasteiger partial charge in [0.25, 0.3) is 5.12 Å². The molecule has 0 amide bonds. The van der Waals surface area contributed by atoms with Gasteiger partial charge < -0.3 is 23.5 Å². The largest absolute Gasteiger partial charge is 0.822 e. The summed E-state index contributed by atoms with van der Waals surface area (Å²) in [6.45, 7) is 25.7. The maximum absolute atomic E-state index is 15.1. The first kappa shape index (κ1) is 38.1. The smallest absolute Gasteiger partial charge is 0.427 e. The Kier molecular flexibility index (Phi) is 9.33. The van der Waals surface area contributed by atoms with Crippen LogP contribution in [0.3, 0.4) is 0 Å². The minimum Gasteiger partial charge on any atom is -0.822 e. The van der Waals surface area contributed by atoms with Crippen molar-refractivity contribution in [3.8, 4) is 34.5 Å². The van der Waals surface area contributed by atoms with Gasteiger partial charge in [0.2, 0.25) is 16.5 Å². The van der Waals surface area contributed by atoms with Crippen LogP contribution in [0.25, 0.3) is 21.4 Å². The first-order valence-corrected chi connectivity index (χ1v) is 21.0. The van der Waals surface area contributed by atoms with Gasteiger partial charge in [-0.15, -0.1) is 8.15 Å². The van der Waals surface area contributed by atoms with Gasteiger partial charge in [-0.1, -0.05) is 124 Å². The second-order valence-corrected chi connectivity index (χ2v) is 21.5. The first-order chi connectivity index (χ1) is 25.1. The van der Waals surface area contributed by atoms with Crippen LogP contribution in [0.15, 0.2) is 89.3 Å². The molecule has 7 rings (SSSR count). The van der Waals surface area contributed by atoms with Gasteiger partial charge in [0.15, 0.2) is 17.1 Å². The Bertz CT molecular complexity index is 2470. The molecule has 0 bridgehead atoms. The minimum atomic E-state index is -2.31. The van der Waals surface area contributed by atoms with Crippen molar-refractivity contribution >= 4 is 47.6 Å². The molecule has 54 heavy (non-hydrogen) atoms. The van der Waals surface area contributed by atoms with Gasteiger partial charge in [-0.2, -0.15) is 0 Å². The highest BCUT2D eigenvalue weighted by molar-refractivity contribution is 7.67. The minimum absolute atomic E-state index is 0.0717. The molecule has 1 aliphatic rings. The van der Waals surface area contributed by atoms with Crippen LogP contribution in [0.5, 0.6) is 34.5 Å². The Morgan fingerprint density at radius 1 is 0.593 bits per heavy atom. The molecule has 1 aromatic heterocycles. The lowest BCUT2D eigenvalue weighted by atomic mass is 9.87. The van der Waals surface area contributed by atoms with Crippen LogP contribution in [0.2, 0.25) is 0 Å². The highest BCUT2D eigenvalue weighted by atomic mass is 31.1. The van der Waals surface area contributed by atoms with Crippen molar-refractivity contribution in [3.63, 3.8) is 0 Å². The second kappa shape index (κ2) is 13.2. The third-order valence-electron chi connectivity index (χ3n) is 10.1. The first-order valence-electron chi connectivity index (χ1n) is 18.5. The molecular formula is C46H50O6P2. The third kappa shape index (κ3) is 7.05. The molecule has 2 atom stereocenters. The van der Waals surface area contributed by atoms with Gasteiger partial charge in [0.1, 0.15) is 17.2 Å². The third-order valence-corrected chi connectivity index (χ3v) is 13.3. The lowest BCUT2D eigenvalue weighted by Gasteiger charge is -2.35. The highest BCUT2D eigenvalue weighted by Gasteiger charge is 2.39. The Morgan fingerprint density at radius 3 is 1.57 bits per heavy atom. The van der Waals surface area contributed by atoms with Crippen LogP contribution in [0.1, 0.15) is 105 Å². The molecule has 2 heterocycles. The molecule has 0 saturated heterocycles. The highest BCUT2D eigenvalue weighted by Crippen LogP contribution is 2.57. The summed E-state index contributed by atoms with van der Waals surface area (Å²) in [7, 11) is -4.62. The van der Waals surface area contributed by atoms with E-state index in [2.05, 4.69) is 83.1 Å². The van der Waals surface area contributed by atoms with E-state index in [0.717, 1.165) is 22.3 Å². The van der Waals surface area contributed by atoms with E-state index in [-0.39, 0.29) is 44.5 Å². The molecule has 1 aliphatic heterocycles. The van der Waals surface area contributed by atoms with E-state index >= 15 is 9.46 Å². The molecular weight excluding hydrogens is 710 g/mol. The molecule has 6 nitrogen and oxygen atoms in total. The molecule has 0 aliphatic carbocycles. The monoisotopic (exact) mass is 760 g/mol. The molecule has 5 aromatic carbocycles. The molecule has 0 spiro atoms. The van der Waals surface area contributed by atoms with Gasteiger partial charge in [0, 0.05) is 5.30 Å². The van der Waals surface area contributed by atoms with E-state index in [0.29, 0.717) is 43.7 Å². The predicted octanol–water partition coefficient (Wildman–Crippen LogP) is 12.9. The summed E-state index contributed by atoms with van der Waals surface area (Å²) >= 11 is 0. The number of ether oxygens (including phenoxy) is 3. The lowest BCUT2D eigenvalue weighted by Crippen LogP contribution is -2.29. The average molecular weight is 761 g/mol. The summed E-state index contributed by atoms with van der Waals surface area (Å²) in [4.78, 5) is 15.1. The molecule has 0 saturated carbocycles. The second-order valence-electron chi connectivity index (χ2n) is 18.4. The molecule has 280 valence electrons. The molecule has 0 fully saturated rings. The van der Waals surface area contributed by atoms with E-state index in [4.69, 9.17) is 18.6 Å². The van der Waals surface area contributed by atoms with Crippen molar-refractivity contribution in [3.05, 3.63) is 107 Å². The summed E-state index contributed by atoms with van der Waals surface area (Å²) in [5.41, 5.74) is 4.46. The number of fused-ring (bicyclic) bond motifs is 5. The van der Waals surface area contributed by atoms with Gasteiger partial charge in [-0.3, -0.25) is 0 Å². The maximum atomic E-state index is 15.1. The quantitative estimate of drug-likeness (QED) is 0.131. The van der Waals surface area contributed by atoms with Gasteiger partial charge in [0.05, 0.1) is 5.30 Å². The summed E-state index contributed by atoms with van der Waals surface area (Å²) < 4.78 is 42.1.